The number of fused-ring (bicyclic) bond motifs is 1. The molecule has 2 heterocycles. The summed E-state index contributed by atoms with van der Waals surface area (Å²) in [6.07, 6.45) is 2.70. The molecule has 1 saturated heterocycles. The van der Waals surface area contributed by atoms with Crippen molar-refractivity contribution in [3.63, 3.8) is 0 Å². The molecule has 152 valence electrons. The molecule has 0 unspecified atom stereocenters. The highest BCUT2D eigenvalue weighted by atomic mass is 32.2. The summed E-state index contributed by atoms with van der Waals surface area (Å²) in [5.41, 5.74) is 3.65. The first-order valence-corrected chi connectivity index (χ1v) is 10.9. The molecule has 0 aliphatic carbocycles. The maximum atomic E-state index is 12.2. The van der Waals surface area contributed by atoms with Gasteiger partial charge in [-0.2, -0.15) is 4.31 Å². The van der Waals surface area contributed by atoms with Gasteiger partial charge in [-0.3, -0.25) is 9.59 Å². The van der Waals surface area contributed by atoms with Gasteiger partial charge in [-0.1, -0.05) is 0 Å². The van der Waals surface area contributed by atoms with Crippen molar-refractivity contribution in [1.29, 1.82) is 0 Å². The summed E-state index contributed by atoms with van der Waals surface area (Å²) in [5, 5.41) is 0.864. The Morgan fingerprint density at radius 3 is 2.39 bits per heavy atom. The largest absolute Gasteiger partial charge is 0.464 e. The highest BCUT2D eigenvalue weighted by Crippen LogP contribution is 2.25. The van der Waals surface area contributed by atoms with Gasteiger partial charge >= 0.3 is 5.97 Å². The first-order chi connectivity index (χ1) is 13.1. The first kappa shape index (κ1) is 20.3. The van der Waals surface area contributed by atoms with Crippen molar-refractivity contribution in [1.82, 2.24) is 9.21 Å². The molecule has 0 saturated carbocycles. The van der Waals surface area contributed by atoms with Gasteiger partial charge in [0.1, 0.15) is 5.58 Å². The molecular weight excluding hydrogens is 384 g/mol. The van der Waals surface area contributed by atoms with Crippen LogP contribution in [0.4, 0.5) is 0 Å². The number of carbonyl (C=O) groups is 2. The molecule has 0 radical (unpaired) electrons. The molecule has 8 nitrogen and oxygen atoms in total. The number of esters is 1. The summed E-state index contributed by atoms with van der Waals surface area (Å²) in [4.78, 5) is 25.9. The minimum atomic E-state index is -3.25. The number of benzene rings is 1. The number of amides is 1. The van der Waals surface area contributed by atoms with Gasteiger partial charge in [0.15, 0.2) is 6.61 Å². The zero-order valence-electron chi connectivity index (χ0n) is 16.2. The van der Waals surface area contributed by atoms with Crippen LogP contribution in [-0.2, 0) is 30.8 Å². The number of piperazine rings is 1. The molecule has 0 spiro atoms. The van der Waals surface area contributed by atoms with Crippen molar-refractivity contribution in [3.8, 4) is 0 Å². The zero-order chi connectivity index (χ0) is 20.5. The lowest BCUT2D eigenvalue weighted by atomic mass is 10.0. The molecule has 1 aromatic carbocycles. The molecule has 0 atom stereocenters. The molecule has 1 aliphatic rings. The van der Waals surface area contributed by atoms with Crippen LogP contribution in [0.25, 0.3) is 11.0 Å². The lowest BCUT2D eigenvalue weighted by Gasteiger charge is -2.33. The highest BCUT2D eigenvalue weighted by molar-refractivity contribution is 7.88. The fraction of sp³-hybridized carbons (Fsp3) is 0.474. The average Bonchev–Trinajstić information content (AvgIpc) is 3.01. The first-order valence-electron chi connectivity index (χ1n) is 9.01. The number of ether oxygens (including phenoxy) is 1. The highest BCUT2D eigenvalue weighted by Gasteiger charge is 2.26. The Kier molecular flexibility index (Phi) is 5.76. The second-order valence-corrected chi connectivity index (χ2v) is 9.06. The van der Waals surface area contributed by atoms with Crippen molar-refractivity contribution < 1.29 is 27.2 Å². The van der Waals surface area contributed by atoms with Crippen molar-refractivity contribution in [2.75, 3.05) is 39.0 Å². The van der Waals surface area contributed by atoms with E-state index in [-0.39, 0.29) is 45.1 Å². The van der Waals surface area contributed by atoms with Gasteiger partial charge in [-0.15, -0.1) is 0 Å². The summed E-state index contributed by atoms with van der Waals surface area (Å²) >= 11 is 0. The second kappa shape index (κ2) is 7.92. The number of aryl methyl sites for hydroxylation is 2. The van der Waals surface area contributed by atoms with Gasteiger partial charge < -0.3 is 14.1 Å². The normalized spacial score (nSPS) is 15.8. The smallest absolute Gasteiger partial charge is 0.310 e. The number of rotatable bonds is 5. The van der Waals surface area contributed by atoms with E-state index >= 15 is 0 Å². The summed E-state index contributed by atoms with van der Waals surface area (Å²) in [6.45, 7) is 4.70. The Hall–Kier alpha value is -2.39. The van der Waals surface area contributed by atoms with Crippen LogP contribution < -0.4 is 0 Å². The third-order valence-corrected chi connectivity index (χ3v) is 6.32. The molecular formula is C19H24N2O6S. The Labute approximate surface area is 164 Å². The Balaban J connectivity index is 1.52. The second-order valence-electron chi connectivity index (χ2n) is 7.07. The molecule has 28 heavy (non-hydrogen) atoms. The van der Waals surface area contributed by atoms with Crippen LogP contribution in [0, 0.1) is 13.8 Å². The van der Waals surface area contributed by atoms with Gasteiger partial charge in [-0.05, 0) is 37.1 Å². The van der Waals surface area contributed by atoms with E-state index in [0.717, 1.165) is 28.3 Å². The molecule has 1 aromatic heterocycles. The SMILES string of the molecule is Cc1cc2occ(CC(=O)OCC(=O)N3CCN(S(C)(=O)=O)CC3)c2cc1C. The number of sulfonamides is 1. The van der Waals surface area contributed by atoms with E-state index in [1.54, 1.807) is 0 Å². The lowest BCUT2D eigenvalue weighted by Crippen LogP contribution is -2.51. The number of carbonyl (C=O) groups excluding carboxylic acids is 2. The van der Waals surface area contributed by atoms with Crippen molar-refractivity contribution >= 4 is 32.9 Å². The minimum Gasteiger partial charge on any atom is -0.464 e. The molecule has 1 fully saturated rings. The van der Waals surface area contributed by atoms with Crippen molar-refractivity contribution in [3.05, 3.63) is 35.1 Å². The fourth-order valence-electron chi connectivity index (χ4n) is 3.18. The molecule has 2 aromatic rings. The standard InChI is InChI=1S/C19H24N2O6S/c1-13-8-16-15(11-26-17(16)9-14(13)2)10-19(23)27-12-18(22)20-4-6-21(7-5-20)28(3,24)25/h8-9,11H,4-7,10,12H2,1-3H3. The van der Waals surface area contributed by atoms with Gasteiger partial charge in [0.05, 0.1) is 18.9 Å². The van der Waals surface area contributed by atoms with Crippen LogP contribution in [0.3, 0.4) is 0 Å². The Morgan fingerprint density at radius 2 is 1.75 bits per heavy atom. The minimum absolute atomic E-state index is 0.0185. The van der Waals surface area contributed by atoms with E-state index in [1.165, 1.54) is 15.5 Å². The number of furan rings is 1. The molecule has 3 rings (SSSR count). The maximum Gasteiger partial charge on any atom is 0.310 e. The van der Waals surface area contributed by atoms with Crippen LogP contribution in [0.5, 0.6) is 0 Å². The van der Waals surface area contributed by atoms with Crippen molar-refractivity contribution in [2.24, 2.45) is 0 Å². The van der Waals surface area contributed by atoms with Crippen LogP contribution >= 0.6 is 0 Å². The van der Waals surface area contributed by atoms with Crippen LogP contribution in [0.1, 0.15) is 16.7 Å². The molecule has 9 heteroatoms. The number of nitrogens with zero attached hydrogens (tertiary/aromatic N) is 2. The van der Waals surface area contributed by atoms with E-state index in [2.05, 4.69) is 0 Å². The summed E-state index contributed by atoms with van der Waals surface area (Å²) in [5.74, 6) is -0.839. The van der Waals surface area contributed by atoms with E-state index in [4.69, 9.17) is 9.15 Å². The van der Waals surface area contributed by atoms with Gasteiger partial charge in [-0.25, -0.2) is 8.42 Å². The van der Waals surface area contributed by atoms with Crippen LogP contribution in [-0.4, -0.2) is 68.5 Å². The van der Waals surface area contributed by atoms with Gasteiger partial charge in [0, 0.05) is 37.1 Å². The molecule has 1 aliphatic heterocycles. The van der Waals surface area contributed by atoms with E-state index < -0.39 is 16.0 Å². The monoisotopic (exact) mass is 408 g/mol. The zero-order valence-corrected chi connectivity index (χ0v) is 17.0. The summed E-state index contributed by atoms with van der Waals surface area (Å²) < 4.78 is 35.0. The third kappa shape index (κ3) is 4.53. The Bertz CT molecular complexity index is 1000. The molecule has 0 N–H and O–H groups in total. The lowest BCUT2D eigenvalue weighted by molar-refractivity contribution is -0.151. The third-order valence-electron chi connectivity index (χ3n) is 5.02. The quantitative estimate of drug-likeness (QED) is 0.691. The number of hydrogen-bond acceptors (Lipinski definition) is 6. The fourth-order valence-corrected chi connectivity index (χ4v) is 4.01. The van der Waals surface area contributed by atoms with E-state index in [9.17, 15) is 18.0 Å². The summed E-state index contributed by atoms with van der Waals surface area (Å²) in [6, 6.07) is 3.91. The van der Waals surface area contributed by atoms with Crippen LogP contribution in [0.2, 0.25) is 0 Å². The topological polar surface area (TPSA) is 97.1 Å². The molecule has 0 bridgehead atoms. The van der Waals surface area contributed by atoms with E-state index in [0.29, 0.717) is 5.58 Å². The van der Waals surface area contributed by atoms with E-state index in [1.807, 2.05) is 26.0 Å². The number of hydrogen-bond donors (Lipinski definition) is 0. The van der Waals surface area contributed by atoms with Gasteiger partial charge in [0.2, 0.25) is 10.0 Å². The predicted molar refractivity (Wildman–Crippen MR) is 103 cm³/mol. The van der Waals surface area contributed by atoms with Gasteiger partial charge in [0.25, 0.3) is 5.91 Å². The van der Waals surface area contributed by atoms with Crippen molar-refractivity contribution in [2.45, 2.75) is 20.3 Å². The molecule has 1 amide bonds. The van der Waals surface area contributed by atoms with Crippen LogP contribution in [0.15, 0.2) is 22.8 Å². The average molecular weight is 408 g/mol. The summed E-state index contributed by atoms with van der Waals surface area (Å²) in [7, 11) is -3.25. The predicted octanol–water partition coefficient (Wildman–Crippen LogP) is 1.24. The Morgan fingerprint density at radius 1 is 1.11 bits per heavy atom. The maximum absolute atomic E-state index is 12.2.